The van der Waals surface area contributed by atoms with Crippen molar-refractivity contribution in [2.24, 2.45) is 0 Å². The Morgan fingerprint density at radius 1 is 0.500 bits per heavy atom. The largest absolute Gasteiger partial charge is 0.462 e. The molecule has 4 N–H and O–H groups in total. The Balaban J connectivity index is 2.34. The zero-order valence-corrected chi connectivity index (χ0v) is 43.5. The lowest BCUT2D eigenvalue weighted by molar-refractivity contribution is -0.297. The molecule has 0 aromatic carbocycles. The van der Waals surface area contributed by atoms with Crippen molar-refractivity contribution in [1.29, 1.82) is 0 Å². The van der Waals surface area contributed by atoms with Crippen LogP contribution in [0.3, 0.4) is 0 Å². The van der Waals surface area contributed by atoms with Gasteiger partial charge in [-0.25, -0.2) is 0 Å². The topological polar surface area (TPSA) is 186 Å². The monoisotopic (exact) mass is 983 g/mol. The molecule has 0 amide bonds. The molecule has 1 heterocycles. The second kappa shape index (κ2) is 44.5. The van der Waals surface area contributed by atoms with Gasteiger partial charge in [0.1, 0.15) is 36.8 Å². The van der Waals surface area contributed by atoms with Gasteiger partial charge in [0.2, 0.25) is 0 Å². The summed E-state index contributed by atoms with van der Waals surface area (Å²) in [4.78, 5) is 25.6. The number of hydrogen-bond donors (Lipinski definition) is 4. The Morgan fingerprint density at radius 3 is 1.32 bits per heavy atom. The summed E-state index contributed by atoms with van der Waals surface area (Å²) in [5.74, 6) is -1.99. The molecule has 0 spiro atoms. The summed E-state index contributed by atoms with van der Waals surface area (Å²) in [5.41, 5.74) is 0. The fourth-order valence-electron chi connectivity index (χ4n) is 8.15. The normalized spacial score (nSPS) is 19.5. The van der Waals surface area contributed by atoms with E-state index in [4.69, 9.17) is 18.9 Å². The van der Waals surface area contributed by atoms with E-state index < -0.39 is 71.2 Å². The van der Waals surface area contributed by atoms with Crippen molar-refractivity contribution in [2.75, 3.05) is 19.0 Å². The van der Waals surface area contributed by atoms with Gasteiger partial charge in [-0.05, 0) is 77.0 Å². The predicted molar refractivity (Wildman–Crippen MR) is 275 cm³/mol. The van der Waals surface area contributed by atoms with Crippen molar-refractivity contribution < 1.29 is 56.8 Å². The molecule has 1 aliphatic heterocycles. The molecule has 0 saturated carbocycles. The molecule has 12 nitrogen and oxygen atoms in total. The third kappa shape index (κ3) is 38.4. The number of esters is 2. The van der Waals surface area contributed by atoms with Crippen LogP contribution in [0.2, 0.25) is 0 Å². The molecular formula is C55H98O12S. The van der Waals surface area contributed by atoms with Crippen molar-refractivity contribution in [3.05, 3.63) is 48.6 Å². The molecule has 6 unspecified atom stereocenters. The Labute approximate surface area is 413 Å². The number of aliphatic hydroxyl groups excluding tert-OH is 3. The van der Waals surface area contributed by atoms with Crippen LogP contribution in [0, 0.1) is 0 Å². The van der Waals surface area contributed by atoms with E-state index >= 15 is 0 Å². The maximum atomic E-state index is 12.9. The highest BCUT2D eigenvalue weighted by molar-refractivity contribution is 7.85. The lowest BCUT2D eigenvalue weighted by atomic mass is 10.00. The minimum atomic E-state index is -4.61. The summed E-state index contributed by atoms with van der Waals surface area (Å²) in [5, 5.41) is 31.0. The van der Waals surface area contributed by atoms with Gasteiger partial charge in [-0.2, -0.15) is 8.42 Å². The van der Waals surface area contributed by atoms with Gasteiger partial charge in [-0.15, -0.1) is 0 Å². The quantitative estimate of drug-likeness (QED) is 0.0196. The number of aliphatic hydroxyl groups is 3. The molecule has 0 aromatic rings. The summed E-state index contributed by atoms with van der Waals surface area (Å²) in [6, 6.07) is 0. The van der Waals surface area contributed by atoms with E-state index in [0.29, 0.717) is 12.8 Å². The molecule has 0 radical (unpaired) electrons. The number of allylic oxidation sites excluding steroid dienone is 8. The first-order valence-electron chi connectivity index (χ1n) is 27.2. The molecule has 0 bridgehead atoms. The lowest BCUT2D eigenvalue weighted by Crippen LogP contribution is -2.60. The number of hydrogen-bond acceptors (Lipinski definition) is 11. The second-order valence-electron chi connectivity index (χ2n) is 18.9. The fraction of sp³-hybridized carbons (Fsp3) is 0.818. The molecule has 0 aromatic heterocycles. The molecule has 1 rings (SSSR count). The highest BCUT2D eigenvalue weighted by Gasteiger charge is 2.46. The van der Waals surface area contributed by atoms with E-state index in [9.17, 15) is 37.9 Å². The van der Waals surface area contributed by atoms with Gasteiger partial charge >= 0.3 is 11.9 Å². The standard InChI is InChI=1S/C55H98O12S/c1-3-5-7-9-11-13-15-17-19-21-22-23-24-25-26-28-30-32-34-36-38-40-42-44-51(57)66-48(46-65-55-54(60)53(59)52(58)49(67-55)47-68(61,62)63)45-64-50(56)43-41-39-37-35-33-31-29-27-20-18-16-14-12-10-8-6-4-2/h12,14-15,17-18,20-22,48-49,52-55,58-60H,3-11,13,16,19,23-47H2,1-2H3,(H,61,62,63)/b14-12-,17-15-,20-18-,22-21-. The molecular weight excluding hydrogens is 885 g/mol. The van der Waals surface area contributed by atoms with Crippen LogP contribution in [0.4, 0.5) is 0 Å². The smallest absolute Gasteiger partial charge is 0.306 e. The minimum Gasteiger partial charge on any atom is -0.462 e. The third-order valence-corrected chi connectivity index (χ3v) is 13.1. The predicted octanol–water partition coefficient (Wildman–Crippen LogP) is 12.7. The van der Waals surface area contributed by atoms with E-state index in [2.05, 4.69) is 62.5 Å². The van der Waals surface area contributed by atoms with Crippen molar-refractivity contribution in [1.82, 2.24) is 0 Å². The highest BCUT2D eigenvalue weighted by atomic mass is 32.2. The zero-order chi connectivity index (χ0) is 49.8. The van der Waals surface area contributed by atoms with Crippen LogP contribution >= 0.6 is 0 Å². The number of carbonyl (C=O) groups is 2. The minimum absolute atomic E-state index is 0.160. The number of ether oxygens (including phenoxy) is 4. The van der Waals surface area contributed by atoms with Crippen molar-refractivity contribution in [2.45, 2.75) is 269 Å². The summed E-state index contributed by atoms with van der Waals surface area (Å²) in [6.07, 6.45) is 45.7. The van der Waals surface area contributed by atoms with E-state index in [1.165, 1.54) is 122 Å². The summed E-state index contributed by atoms with van der Waals surface area (Å²) in [6.45, 7) is 3.75. The van der Waals surface area contributed by atoms with Gasteiger partial charge in [0, 0.05) is 12.8 Å². The number of unbranched alkanes of at least 4 members (excludes halogenated alkanes) is 26. The third-order valence-electron chi connectivity index (χ3n) is 12.4. The van der Waals surface area contributed by atoms with Crippen LogP contribution in [0.25, 0.3) is 0 Å². The zero-order valence-electron chi connectivity index (χ0n) is 42.7. The van der Waals surface area contributed by atoms with Crippen LogP contribution in [0.5, 0.6) is 0 Å². The maximum absolute atomic E-state index is 12.9. The Bertz CT molecular complexity index is 1430. The van der Waals surface area contributed by atoms with Crippen molar-refractivity contribution in [3.8, 4) is 0 Å². The number of carbonyl (C=O) groups excluding carboxylic acids is 2. The SMILES string of the molecule is CCCCC/C=C\C/C=C\CCCCCCCCCC(=O)OCC(COC1OC(CS(=O)(=O)O)C(O)C(O)C1O)OC(=O)CCCCCCCCCCCCC/C=C\C/C=C\CCCCCCC. The summed E-state index contributed by atoms with van der Waals surface area (Å²) in [7, 11) is -4.61. The highest BCUT2D eigenvalue weighted by Crippen LogP contribution is 2.24. The first-order valence-corrected chi connectivity index (χ1v) is 28.8. The summed E-state index contributed by atoms with van der Waals surface area (Å²) < 4.78 is 54.3. The van der Waals surface area contributed by atoms with Gasteiger partial charge in [-0.3, -0.25) is 14.1 Å². The molecule has 396 valence electrons. The van der Waals surface area contributed by atoms with Gasteiger partial charge in [-0.1, -0.05) is 191 Å². The van der Waals surface area contributed by atoms with Crippen LogP contribution in [-0.4, -0.2) is 96.0 Å². The first-order chi connectivity index (χ1) is 33.0. The van der Waals surface area contributed by atoms with Gasteiger partial charge in [0.05, 0.1) is 6.61 Å². The fourth-order valence-corrected chi connectivity index (χ4v) is 8.84. The van der Waals surface area contributed by atoms with Gasteiger partial charge < -0.3 is 34.3 Å². The number of rotatable bonds is 46. The van der Waals surface area contributed by atoms with Crippen molar-refractivity contribution >= 4 is 22.1 Å². The molecule has 6 atom stereocenters. The molecule has 1 fully saturated rings. The Kier molecular flexibility index (Phi) is 41.7. The Morgan fingerprint density at radius 2 is 0.882 bits per heavy atom. The van der Waals surface area contributed by atoms with Gasteiger partial charge in [0.25, 0.3) is 10.1 Å². The maximum Gasteiger partial charge on any atom is 0.306 e. The van der Waals surface area contributed by atoms with Crippen LogP contribution in [-0.2, 0) is 38.7 Å². The summed E-state index contributed by atoms with van der Waals surface area (Å²) >= 11 is 0. The second-order valence-corrected chi connectivity index (χ2v) is 20.4. The molecule has 1 aliphatic rings. The molecule has 0 aliphatic carbocycles. The van der Waals surface area contributed by atoms with Crippen LogP contribution < -0.4 is 0 Å². The van der Waals surface area contributed by atoms with E-state index in [1.807, 2.05) is 0 Å². The average Bonchev–Trinajstić information content (AvgIpc) is 3.31. The van der Waals surface area contributed by atoms with E-state index in [0.717, 1.165) is 70.6 Å². The van der Waals surface area contributed by atoms with E-state index in [1.54, 1.807) is 0 Å². The molecule has 1 saturated heterocycles. The molecule has 13 heteroatoms. The van der Waals surface area contributed by atoms with Gasteiger partial charge in [0.15, 0.2) is 12.4 Å². The van der Waals surface area contributed by atoms with Crippen molar-refractivity contribution in [3.63, 3.8) is 0 Å². The first kappa shape index (κ1) is 63.6. The Hall–Kier alpha value is -2.39. The average molecular weight is 983 g/mol. The van der Waals surface area contributed by atoms with Crippen LogP contribution in [0.1, 0.15) is 232 Å². The molecule has 68 heavy (non-hydrogen) atoms. The lowest BCUT2D eigenvalue weighted by Gasteiger charge is -2.40. The van der Waals surface area contributed by atoms with Crippen LogP contribution in [0.15, 0.2) is 48.6 Å². The van der Waals surface area contributed by atoms with E-state index in [-0.39, 0.29) is 19.4 Å².